The molecule has 0 aliphatic carbocycles. The molecule has 1 unspecified atom stereocenters. The van der Waals surface area contributed by atoms with E-state index in [0.29, 0.717) is 11.2 Å². The smallest absolute Gasteiger partial charge is 0.155 e. The predicted molar refractivity (Wildman–Crippen MR) is 69.7 cm³/mol. The molecule has 0 aromatic carbocycles. The summed E-state index contributed by atoms with van der Waals surface area (Å²) in [6.07, 6.45) is 5.56. The molecule has 17 heavy (non-hydrogen) atoms. The molecule has 2 aromatic heterocycles. The van der Waals surface area contributed by atoms with Gasteiger partial charge in [0.25, 0.3) is 0 Å². The Kier molecular flexibility index (Phi) is 2.81. The Labute approximate surface area is 106 Å². The monoisotopic (exact) mass is 249 g/mol. The molecular formula is C13H16ClN3. The van der Waals surface area contributed by atoms with Gasteiger partial charge in [0.1, 0.15) is 5.82 Å². The SMILES string of the molecule is Cc1ccc2c(Cl)nc(CC3CCCN3)n2c1. The van der Waals surface area contributed by atoms with Gasteiger partial charge in [-0.1, -0.05) is 17.7 Å². The van der Waals surface area contributed by atoms with E-state index in [4.69, 9.17) is 11.6 Å². The van der Waals surface area contributed by atoms with Crippen molar-refractivity contribution in [3.63, 3.8) is 0 Å². The van der Waals surface area contributed by atoms with E-state index < -0.39 is 0 Å². The third-order valence-electron chi connectivity index (χ3n) is 3.40. The van der Waals surface area contributed by atoms with E-state index in [-0.39, 0.29) is 0 Å². The second kappa shape index (κ2) is 4.31. The highest BCUT2D eigenvalue weighted by atomic mass is 35.5. The maximum atomic E-state index is 6.16. The van der Waals surface area contributed by atoms with Gasteiger partial charge in [0, 0.05) is 18.7 Å². The molecule has 1 saturated heterocycles. The Hall–Kier alpha value is -1.06. The van der Waals surface area contributed by atoms with Crippen molar-refractivity contribution in [3.8, 4) is 0 Å². The summed E-state index contributed by atoms with van der Waals surface area (Å²) in [6, 6.07) is 4.66. The van der Waals surface area contributed by atoms with Crippen LogP contribution in [-0.4, -0.2) is 22.0 Å². The number of halogens is 1. The lowest BCUT2D eigenvalue weighted by Gasteiger charge is -2.09. The van der Waals surface area contributed by atoms with Gasteiger partial charge >= 0.3 is 0 Å². The van der Waals surface area contributed by atoms with Gasteiger partial charge in [-0.25, -0.2) is 4.98 Å². The average Bonchev–Trinajstić information content (AvgIpc) is 2.89. The minimum atomic E-state index is 0.553. The van der Waals surface area contributed by atoms with E-state index in [0.717, 1.165) is 24.3 Å². The van der Waals surface area contributed by atoms with Gasteiger partial charge in [-0.3, -0.25) is 0 Å². The van der Waals surface area contributed by atoms with E-state index >= 15 is 0 Å². The zero-order valence-electron chi connectivity index (χ0n) is 9.91. The second-order valence-electron chi connectivity index (χ2n) is 4.78. The highest BCUT2D eigenvalue weighted by Gasteiger charge is 2.18. The number of nitrogens with one attached hydrogen (secondary N) is 1. The Morgan fingerprint density at radius 1 is 1.53 bits per heavy atom. The van der Waals surface area contributed by atoms with Crippen LogP contribution in [0.4, 0.5) is 0 Å². The molecule has 0 amide bonds. The zero-order chi connectivity index (χ0) is 11.8. The van der Waals surface area contributed by atoms with Crippen LogP contribution in [0.25, 0.3) is 5.52 Å². The first-order chi connectivity index (χ1) is 8.24. The van der Waals surface area contributed by atoms with Gasteiger partial charge in [-0.2, -0.15) is 0 Å². The predicted octanol–water partition coefficient (Wildman–Crippen LogP) is 2.59. The van der Waals surface area contributed by atoms with Crippen molar-refractivity contribution in [1.29, 1.82) is 0 Å². The second-order valence-corrected chi connectivity index (χ2v) is 5.14. The quantitative estimate of drug-likeness (QED) is 0.887. The number of aromatic nitrogens is 2. The van der Waals surface area contributed by atoms with Crippen molar-refractivity contribution < 1.29 is 0 Å². The van der Waals surface area contributed by atoms with E-state index in [1.165, 1.54) is 18.4 Å². The molecule has 1 N–H and O–H groups in total. The molecule has 1 aliphatic rings. The molecular weight excluding hydrogens is 234 g/mol. The fourth-order valence-electron chi connectivity index (χ4n) is 2.51. The van der Waals surface area contributed by atoms with Crippen molar-refractivity contribution in [3.05, 3.63) is 34.9 Å². The Balaban J connectivity index is 2.00. The molecule has 0 saturated carbocycles. The van der Waals surface area contributed by atoms with E-state index in [9.17, 15) is 0 Å². The van der Waals surface area contributed by atoms with Crippen molar-refractivity contribution in [1.82, 2.24) is 14.7 Å². The summed E-state index contributed by atoms with van der Waals surface area (Å²) >= 11 is 6.16. The third kappa shape index (κ3) is 2.05. The Morgan fingerprint density at radius 3 is 3.18 bits per heavy atom. The van der Waals surface area contributed by atoms with Gasteiger partial charge in [-0.15, -0.1) is 0 Å². The summed E-state index contributed by atoms with van der Waals surface area (Å²) < 4.78 is 2.12. The van der Waals surface area contributed by atoms with Crippen LogP contribution in [0, 0.1) is 6.92 Å². The standard InChI is InChI=1S/C13H16ClN3/c1-9-4-5-11-13(14)16-12(17(11)8-9)7-10-3-2-6-15-10/h4-5,8,10,15H,2-3,6-7H2,1H3. The van der Waals surface area contributed by atoms with E-state index in [1.54, 1.807) is 0 Å². The molecule has 0 bridgehead atoms. The first kappa shape index (κ1) is 11.1. The number of hydrogen-bond acceptors (Lipinski definition) is 2. The Morgan fingerprint density at radius 2 is 2.41 bits per heavy atom. The molecule has 1 aliphatic heterocycles. The number of aryl methyl sites for hydroxylation is 1. The van der Waals surface area contributed by atoms with Crippen LogP contribution in [0.1, 0.15) is 24.2 Å². The highest BCUT2D eigenvalue weighted by molar-refractivity contribution is 6.32. The lowest BCUT2D eigenvalue weighted by atomic mass is 10.1. The molecule has 1 atom stereocenters. The molecule has 3 nitrogen and oxygen atoms in total. The average molecular weight is 250 g/mol. The number of fused-ring (bicyclic) bond motifs is 1. The summed E-state index contributed by atoms with van der Waals surface area (Å²) in [7, 11) is 0. The first-order valence-electron chi connectivity index (χ1n) is 6.10. The molecule has 4 heteroatoms. The third-order valence-corrected chi connectivity index (χ3v) is 3.68. The van der Waals surface area contributed by atoms with Crippen molar-refractivity contribution in [2.45, 2.75) is 32.2 Å². The molecule has 3 rings (SSSR count). The number of nitrogens with zero attached hydrogens (tertiary/aromatic N) is 2. The van der Waals surface area contributed by atoms with Gasteiger partial charge in [0.15, 0.2) is 5.15 Å². The summed E-state index contributed by atoms with van der Waals surface area (Å²) in [5.74, 6) is 1.06. The minimum Gasteiger partial charge on any atom is -0.314 e. The van der Waals surface area contributed by atoms with Crippen LogP contribution in [0.15, 0.2) is 18.3 Å². The van der Waals surface area contributed by atoms with Crippen LogP contribution in [-0.2, 0) is 6.42 Å². The normalized spacial score (nSPS) is 20.2. The fraction of sp³-hybridized carbons (Fsp3) is 0.462. The molecule has 0 spiro atoms. The summed E-state index contributed by atoms with van der Waals surface area (Å²) in [4.78, 5) is 4.48. The van der Waals surface area contributed by atoms with Gasteiger partial charge in [-0.05, 0) is 37.9 Å². The number of rotatable bonds is 2. The molecule has 3 heterocycles. The molecule has 1 fully saturated rings. The minimum absolute atomic E-state index is 0.553. The molecule has 2 aromatic rings. The van der Waals surface area contributed by atoms with Crippen LogP contribution < -0.4 is 5.32 Å². The van der Waals surface area contributed by atoms with Crippen LogP contribution in [0.5, 0.6) is 0 Å². The molecule has 90 valence electrons. The number of pyridine rings is 1. The van der Waals surface area contributed by atoms with E-state index in [1.807, 2.05) is 6.07 Å². The van der Waals surface area contributed by atoms with Crippen LogP contribution in [0.2, 0.25) is 5.15 Å². The van der Waals surface area contributed by atoms with Crippen molar-refractivity contribution in [2.75, 3.05) is 6.54 Å². The maximum absolute atomic E-state index is 6.16. The fourth-order valence-corrected chi connectivity index (χ4v) is 2.76. The summed E-state index contributed by atoms with van der Waals surface area (Å²) in [5.41, 5.74) is 2.23. The van der Waals surface area contributed by atoms with Gasteiger partial charge < -0.3 is 9.72 Å². The molecule has 0 radical (unpaired) electrons. The number of hydrogen-bond donors (Lipinski definition) is 1. The van der Waals surface area contributed by atoms with Crippen LogP contribution in [0.3, 0.4) is 0 Å². The number of imidazole rings is 1. The van der Waals surface area contributed by atoms with Gasteiger partial charge in [0.2, 0.25) is 0 Å². The largest absolute Gasteiger partial charge is 0.314 e. The Bertz CT molecular complexity index is 541. The van der Waals surface area contributed by atoms with Crippen molar-refractivity contribution >= 4 is 17.1 Å². The topological polar surface area (TPSA) is 29.3 Å². The van der Waals surface area contributed by atoms with Crippen LogP contribution >= 0.6 is 11.6 Å². The summed E-state index contributed by atoms with van der Waals surface area (Å²) in [5, 5.41) is 4.11. The highest BCUT2D eigenvalue weighted by Crippen LogP contribution is 2.21. The lowest BCUT2D eigenvalue weighted by molar-refractivity contribution is 0.584. The first-order valence-corrected chi connectivity index (χ1v) is 6.48. The summed E-state index contributed by atoms with van der Waals surface area (Å²) in [6.45, 7) is 3.21. The van der Waals surface area contributed by atoms with Gasteiger partial charge in [0.05, 0.1) is 5.52 Å². The van der Waals surface area contributed by atoms with E-state index in [2.05, 4.69) is 33.9 Å². The maximum Gasteiger partial charge on any atom is 0.155 e. The van der Waals surface area contributed by atoms with Crippen molar-refractivity contribution in [2.24, 2.45) is 0 Å². The lowest BCUT2D eigenvalue weighted by Crippen LogP contribution is -2.24. The zero-order valence-corrected chi connectivity index (χ0v) is 10.7.